The van der Waals surface area contributed by atoms with Crippen molar-refractivity contribution in [2.24, 2.45) is 7.05 Å². The van der Waals surface area contributed by atoms with Crippen LogP contribution >= 0.6 is 0 Å². The highest BCUT2D eigenvalue weighted by atomic mass is 16.5. The molecule has 2 heterocycles. The quantitative estimate of drug-likeness (QED) is 0.702. The highest BCUT2D eigenvalue weighted by Gasteiger charge is 2.22. The van der Waals surface area contributed by atoms with E-state index in [4.69, 9.17) is 4.74 Å². The molecule has 1 saturated heterocycles. The fraction of sp³-hybridized carbons (Fsp3) is 0.273. The average Bonchev–Trinajstić information content (AvgIpc) is 3.19. The van der Waals surface area contributed by atoms with Crippen LogP contribution in [-0.2, 0) is 7.05 Å². The molecule has 4 rings (SSSR count). The van der Waals surface area contributed by atoms with Gasteiger partial charge in [-0.15, -0.1) is 0 Å². The van der Waals surface area contributed by atoms with Crippen molar-refractivity contribution in [2.45, 2.75) is 0 Å². The molecule has 0 bridgehead atoms. The van der Waals surface area contributed by atoms with E-state index in [0.717, 1.165) is 41.5 Å². The number of carbonyl (C=O) groups is 1. The van der Waals surface area contributed by atoms with Crippen LogP contribution in [0.1, 0.15) is 10.4 Å². The van der Waals surface area contributed by atoms with Gasteiger partial charge in [-0.1, -0.05) is 12.1 Å². The van der Waals surface area contributed by atoms with Gasteiger partial charge in [0.2, 0.25) is 0 Å². The Balaban J connectivity index is 1.39. The molecule has 0 N–H and O–H groups in total. The maximum Gasteiger partial charge on any atom is 0.253 e. The third-order valence-corrected chi connectivity index (χ3v) is 5.22. The fourth-order valence-corrected chi connectivity index (χ4v) is 3.55. The second-order valence-corrected chi connectivity index (χ2v) is 6.92. The lowest BCUT2D eigenvalue weighted by molar-refractivity contribution is 0.0747. The van der Waals surface area contributed by atoms with Crippen molar-refractivity contribution < 1.29 is 9.53 Å². The van der Waals surface area contributed by atoms with Crippen LogP contribution < -0.4 is 9.64 Å². The Bertz CT molecular complexity index is 939. The predicted octanol–water partition coefficient (Wildman–Crippen LogP) is 3.06. The largest absolute Gasteiger partial charge is 0.497 e. The number of piperazine rings is 1. The van der Waals surface area contributed by atoms with Crippen LogP contribution in [0.3, 0.4) is 0 Å². The number of benzene rings is 2. The lowest BCUT2D eigenvalue weighted by Crippen LogP contribution is -2.48. The molecular formula is C22H24N4O2. The molecule has 0 unspecified atom stereocenters. The molecule has 28 heavy (non-hydrogen) atoms. The first kappa shape index (κ1) is 18.1. The maximum atomic E-state index is 12.9. The van der Waals surface area contributed by atoms with E-state index in [1.807, 2.05) is 59.1 Å². The molecule has 0 radical (unpaired) electrons. The number of hydrogen-bond acceptors (Lipinski definition) is 4. The van der Waals surface area contributed by atoms with Gasteiger partial charge in [0.25, 0.3) is 5.91 Å². The van der Waals surface area contributed by atoms with Crippen LogP contribution in [0.4, 0.5) is 5.69 Å². The summed E-state index contributed by atoms with van der Waals surface area (Å²) in [4.78, 5) is 21.4. The molecule has 0 saturated carbocycles. The van der Waals surface area contributed by atoms with Crippen molar-refractivity contribution in [2.75, 3.05) is 38.2 Å². The predicted molar refractivity (Wildman–Crippen MR) is 110 cm³/mol. The molecule has 3 aromatic rings. The SMILES string of the molecule is COc1ccc(N2CCN(C(=O)c3ccc(-c4nccn4C)cc3)CC2)cc1. The first-order chi connectivity index (χ1) is 13.7. The lowest BCUT2D eigenvalue weighted by Gasteiger charge is -2.36. The van der Waals surface area contributed by atoms with Gasteiger partial charge in [-0.05, 0) is 36.4 Å². The second kappa shape index (κ2) is 7.76. The highest BCUT2D eigenvalue weighted by Crippen LogP contribution is 2.22. The number of rotatable bonds is 4. The zero-order valence-corrected chi connectivity index (χ0v) is 16.2. The molecule has 0 atom stereocenters. The minimum Gasteiger partial charge on any atom is -0.497 e. The number of imidazole rings is 1. The maximum absolute atomic E-state index is 12.9. The minimum atomic E-state index is 0.0840. The molecular weight excluding hydrogens is 352 g/mol. The number of nitrogens with zero attached hydrogens (tertiary/aromatic N) is 4. The Hall–Kier alpha value is -3.28. The van der Waals surface area contributed by atoms with Gasteiger partial charge >= 0.3 is 0 Å². The van der Waals surface area contributed by atoms with Gasteiger partial charge < -0.3 is 19.1 Å². The molecule has 6 heteroatoms. The van der Waals surface area contributed by atoms with Gasteiger partial charge in [-0.25, -0.2) is 4.98 Å². The van der Waals surface area contributed by atoms with Crippen LogP contribution in [0, 0.1) is 0 Å². The van der Waals surface area contributed by atoms with Crippen molar-refractivity contribution in [3.8, 4) is 17.1 Å². The summed E-state index contributed by atoms with van der Waals surface area (Å²) in [7, 11) is 3.63. The first-order valence-corrected chi connectivity index (χ1v) is 9.42. The summed E-state index contributed by atoms with van der Waals surface area (Å²) in [5, 5.41) is 0. The van der Waals surface area contributed by atoms with Crippen LogP contribution in [-0.4, -0.2) is 53.6 Å². The Kier molecular flexibility index (Phi) is 5.02. The van der Waals surface area contributed by atoms with E-state index < -0.39 is 0 Å². The Morgan fingerprint density at radius 2 is 1.64 bits per heavy atom. The summed E-state index contributed by atoms with van der Waals surface area (Å²) < 4.78 is 7.18. The van der Waals surface area contributed by atoms with Crippen molar-refractivity contribution in [1.29, 1.82) is 0 Å². The smallest absolute Gasteiger partial charge is 0.253 e. The number of carbonyl (C=O) groups excluding carboxylic acids is 1. The third kappa shape index (κ3) is 3.58. The highest BCUT2D eigenvalue weighted by molar-refractivity contribution is 5.94. The summed E-state index contributed by atoms with van der Waals surface area (Å²) in [6.45, 7) is 3.07. The molecule has 1 aromatic heterocycles. The number of ether oxygens (including phenoxy) is 1. The topological polar surface area (TPSA) is 50.6 Å². The number of anilines is 1. The first-order valence-electron chi connectivity index (χ1n) is 9.42. The molecule has 0 aliphatic carbocycles. The van der Waals surface area contributed by atoms with E-state index in [0.29, 0.717) is 13.1 Å². The third-order valence-electron chi connectivity index (χ3n) is 5.22. The number of aromatic nitrogens is 2. The van der Waals surface area contributed by atoms with Crippen LogP contribution in [0.2, 0.25) is 0 Å². The number of aryl methyl sites for hydroxylation is 1. The summed E-state index contributed by atoms with van der Waals surface area (Å²) in [5.74, 6) is 1.83. The second-order valence-electron chi connectivity index (χ2n) is 6.92. The van der Waals surface area contributed by atoms with Gasteiger partial charge in [-0.2, -0.15) is 0 Å². The standard InChI is InChI=1S/C22H24N4O2/c1-24-12-11-23-21(24)17-3-5-18(6-4-17)22(27)26-15-13-25(14-16-26)19-7-9-20(28-2)10-8-19/h3-12H,13-16H2,1-2H3. The van der Waals surface area contributed by atoms with Crippen LogP contribution in [0.15, 0.2) is 60.9 Å². The van der Waals surface area contributed by atoms with Crippen LogP contribution in [0.25, 0.3) is 11.4 Å². The van der Waals surface area contributed by atoms with E-state index in [9.17, 15) is 4.79 Å². The normalized spacial score (nSPS) is 14.2. The van der Waals surface area contributed by atoms with Gasteiger partial charge in [0.15, 0.2) is 0 Å². The Morgan fingerprint density at radius 1 is 0.964 bits per heavy atom. The Morgan fingerprint density at radius 3 is 2.21 bits per heavy atom. The zero-order valence-electron chi connectivity index (χ0n) is 16.2. The van der Waals surface area contributed by atoms with Crippen molar-refractivity contribution in [3.63, 3.8) is 0 Å². The average molecular weight is 376 g/mol. The van der Waals surface area contributed by atoms with E-state index in [1.54, 1.807) is 13.3 Å². The molecule has 1 aliphatic heterocycles. The molecule has 2 aromatic carbocycles. The van der Waals surface area contributed by atoms with Crippen molar-refractivity contribution in [1.82, 2.24) is 14.5 Å². The zero-order chi connectivity index (χ0) is 19.5. The van der Waals surface area contributed by atoms with Gasteiger partial charge in [0.05, 0.1) is 7.11 Å². The Labute approximate surface area is 165 Å². The molecule has 0 spiro atoms. The summed E-state index contributed by atoms with van der Waals surface area (Å²) >= 11 is 0. The fourth-order valence-electron chi connectivity index (χ4n) is 3.55. The molecule has 1 fully saturated rings. The molecule has 6 nitrogen and oxygen atoms in total. The lowest BCUT2D eigenvalue weighted by atomic mass is 10.1. The number of methoxy groups -OCH3 is 1. The molecule has 144 valence electrons. The summed E-state index contributed by atoms with van der Waals surface area (Å²) in [6.07, 6.45) is 3.69. The summed E-state index contributed by atoms with van der Waals surface area (Å²) in [5.41, 5.74) is 2.89. The van der Waals surface area contributed by atoms with Crippen LogP contribution in [0.5, 0.6) is 5.75 Å². The van der Waals surface area contributed by atoms with Crippen molar-refractivity contribution in [3.05, 3.63) is 66.5 Å². The van der Waals surface area contributed by atoms with Gasteiger partial charge in [-0.3, -0.25) is 4.79 Å². The van der Waals surface area contributed by atoms with Gasteiger partial charge in [0.1, 0.15) is 11.6 Å². The minimum absolute atomic E-state index is 0.0840. The molecule has 1 aliphatic rings. The number of amides is 1. The van der Waals surface area contributed by atoms with E-state index in [2.05, 4.69) is 22.0 Å². The summed E-state index contributed by atoms with van der Waals surface area (Å²) in [6, 6.07) is 15.8. The monoisotopic (exact) mass is 376 g/mol. The molecule has 1 amide bonds. The van der Waals surface area contributed by atoms with E-state index >= 15 is 0 Å². The number of hydrogen-bond donors (Lipinski definition) is 0. The van der Waals surface area contributed by atoms with Gasteiger partial charge in [0, 0.05) is 62.4 Å². The van der Waals surface area contributed by atoms with E-state index in [-0.39, 0.29) is 5.91 Å². The van der Waals surface area contributed by atoms with E-state index in [1.165, 1.54) is 0 Å². The van der Waals surface area contributed by atoms with Crippen molar-refractivity contribution >= 4 is 11.6 Å².